The summed E-state index contributed by atoms with van der Waals surface area (Å²) in [7, 11) is -8.57. The lowest BCUT2D eigenvalue weighted by Gasteiger charge is -2.00. The van der Waals surface area contributed by atoms with Gasteiger partial charge in [-0.3, -0.25) is 9.11 Å². The first-order chi connectivity index (χ1) is 6.68. The maximum atomic E-state index is 10.7. The number of hydrogen-bond acceptors (Lipinski definition) is 4. The minimum atomic E-state index is -4.36. The Labute approximate surface area is 87.1 Å². The third-order valence-electron chi connectivity index (χ3n) is 1.55. The van der Waals surface area contributed by atoms with Gasteiger partial charge in [-0.25, -0.2) is 0 Å². The van der Waals surface area contributed by atoms with Gasteiger partial charge in [-0.1, -0.05) is 12.1 Å². The summed E-state index contributed by atoms with van der Waals surface area (Å²) in [5.41, 5.74) is 0.0765. The average Bonchev–Trinajstić information content (AvgIpc) is 1.99. The van der Waals surface area contributed by atoms with Gasteiger partial charge in [0.05, 0.1) is 4.90 Å². The van der Waals surface area contributed by atoms with Crippen LogP contribution in [0.5, 0.6) is 0 Å². The highest BCUT2D eigenvalue weighted by Crippen LogP contribution is 2.12. The summed E-state index contributed by atoms with van der Waals surface area (Å²) in [6.07, 6.45) is 0. The zero-order chi connectivity index (χ0) is 11.7. The van der Waals surface area contributed by atoms with Gasteiger partial charge in [0.25, 0.3) is 20.2 Å². The Morgan fingerprint density at radius 3 is 2.13 bits per heavy atom. The van der Waals surface area contributed by atoms with Gasteiger partial charge in [0.1, 0.15) is 5.75 Å². The van der Waals surface area contributed by atoms with E-state index in [0.717, 1.165) is 12.1 Å². The SMILES string of the molecule is O=S(=O)(O)Cc1cccc(S(=O)(=O)O)c1. The van der Waals surface area contributed by atoms with E-state index >= 15 is 0 Å². The molecule has 6 nitrogen and oxygen atoms in total. The summed E-state index contributed by atoms with van der Waals surface area (Å²) < 4.78 is 59.6. The van der Waals surface area contributed by atoms with Crippen molar-refractivity contribution in [2.24, 2.45) is 0 Å². The molecular weight excluding hydrogens is 244 g/mol. The van der Waals surface area contributed by atoms with Gasteiger partial charge in [0, 0.05) is 0 Å². The molecule has 1 aromatic carbocycles. The Hall–Kier alpha value is -0.960. The smallest absolute Gasteiger partial charge is 0.285 e. The first-order valence-electron chi connectivity index (χ1n) is 3.70. The van der Waals surface area contributed by atoms with Gasteiger partial charge < -0.3 is 0 Å². The van der Waals surface area contributed by atoms with Crippen LogP contribution in [-0.4, -0.2) is 25.9 Å². The van der Waals surface area contributed by atoms with Crippen molar-refractivity contribution in [2.45, 2.75) is 10.6 Å². The third-order valence-corrected chi connectivity index (χ3v) is 3.09. The van der Waals surface area contributed by atoms with Crippen LogP contribution in [0.15, 0.2) is 29.2 Å². The highest BCUT2D eigenvalue weighted by Gasteiger charge is 2.12. The van der Waals surface area contributed by atoms with Gasteiger partial charge in [0.2, 0.25) is 0 Å². The molecule has 0 saturated heterocycles. The van der Waals surface area contributed by atoms with E-state index in [9.17, 15) is 16.8 Å². The number of hydrogen-bond donors (Lipinski definition) is 2. The predicted octanol–water partition coefficient (Wildman–Crippen LogP) is 0.321. The molecule has 15 heavy (non-hydrogen) atoms. The molecule has 1 rings (SSSR count). The molecule has 0 fully saturated rings. The second-order valence-corrected chi connectivity index (χ2v) is 5.72. The Bertz CT molecular complexity index is 557. The van der Waals surface area contributed by atoms with Crippen LogP contribution in [0, 0.1) is 0 Å². The minimum Gasteiger partial charge on any atom is -0.285 e. The lowest BCUT2D eigenvalue weighted by atomic mass is 10.2. The van der Waals surface area contributed by atoms with Gasteiger partial charge in [-0.05, 0) is 17.7 Å². The van der Waals surface area contributed by atoms with Gasteiger partial charge in [0.15, 0.2) is 0 Å². The van der Waals surface area contributed by atoms with Crippen LogP contribution in [-0.2, 0) is 26.0 Å². The molecule has 0 heterocycles. The molecule has 2 N–H and O–H groups in total. The zero-order valence-corrected chi connectivity index (χ0v) is 8.99. The first-order valence-corrected chi connectivity index (χ1v) is 6.75. The van der Waals surface area contributed by atoms with Crippen LogP contribution in [0.2, 0.25) is 0 Å². The summed E-state index contributed by atoms with van der Waals surface area (Å²) in [6.45, 7) is 0. The molecule has 0 unspecified atom stereocenters. The van der Waals surface area contributed by atoms with Crippen LogP contribution in [0.3, 0.4) is 0 Å². The molecule has 0 aliphatic heterocycles. The Morgan fingerprint density at radius 2 is 1.67 bits per heavy atom. The van der Waals surface area contributed by atoms with Crippen molar-refractivity contribution in [3.05, 3.63) is 29.8 Å². The van der Waals surface area contributed by atoms with Crippen LogP contribution in [0.25, 0.3) is 0 Å². The highest BCUT2D eigenvalue weighted by atomic mass is 32.2. The first kappa shape index (κ1) is 12.1. The molecule has 0 atom stereocenters. The maximum Gasteiger partial charge on any atom is 0.294 e. The van der Waals surface area contributed by atoms with Crippen LogP contribution < -0.4 is 0 Å². The molecule has 0 amide bonds. The fourth-order valence-electron chi connectivity index (χ4n) is 1.01. The van der Waals surface area contributed by atoms with E-state index in [1.165, 1.54) is 12.1 Å². The molecule has 0 radical (unpaired) electrons. The quantitative estimate of drug-likeness (QED) is 0.750. The molecule has 0 aromatic heterocycles. The lowest BCUT2D eigenvalue weighted by Crippen LogP contribution is -2.03. The van der Waals surface area contributed by atoms with E-state index in [2.05, 4.69) is 0 Å². The van der Waals surface area contributed by atoms with Crippen LogP contribution >= 0.6 is 0 Å². The maximum absolute atomic E-state index is 10.7. The predicted molar refractivity (Wildman–Crippen MR) is 51.5 cm³/mol. The molecule has 0 bridgehead atoms. The summed E-state index contributed by atoms with van der Waals surface area (Å²) >= 11 is 0. The average molecular weight is 252 g/mol. The lowest BCUT2D eigenvalue weighted by molar-refractivity contribution is 0.478. The van der Waals surface area contributed by atoms with E-state index < -0.39 is 30.9 Å². The highest BCUT2D eigenvalue weighted by molar-refractivity contribution is 7.86. The topological polar surface area (TPSA) is 109 Å². The number of benzene rings is 1. The Balaban J connectivity index is 3.15. The molecule has 1 aromatic rings. The largest absolute Gasteiger partial charge is 0.294 e. The van der Waals surface area contributed by atoms with E-state index in [-0.39, 0.29) is 5.56 Å². The van der Waals surface area contributed by atoms with Gasteiger partial charge in [-0.15, -0.1) is 0 Å². The molecule has 0 aliphatic rings. The monoisotopic (exact) mass is 252 g/mol. The van der Waals surface area contributed by atoms with E-state index in [1.54, 1.807) is 0 Å². The minimum absolute atomic E-state index is 0.0765. The van der Waals surface area contributed by atoms with Crippen molar-refractivity contribution in [3.63, 3.8) is 0 Å². The van der Waals surface area contributed by atoms with E-state index in [4.69, 9.17) is 9.11 Å². The van der Waals surface area contributed by atoms with Gasteiger partial charge in [-0.2, -0.15) is 16.8 Å². The summed E-state index contributed by atoms with van der Waals surface area (Å²) in [4.78, 5) is -0.413. The second kappa shape index (κ2) is 3.89. The van der Waals surface area contributed by atoms with Gasteiger partial charge >= 0.3 is 0 Å². The van der Waals surface area contributed by atoms with Crippen molar-refractivity contribution < 1.29 is 25.9 Å². The van der Waals surface area contributed by atoms with Crippen molar-refractivity contribution >= 4 is 20.2 Å². The zero-order valence-electron chi connectivity index (χ0n) is 7.36. The van der Waals surface area contributed by atoms with Crippen molar-refractivity contribution in [1.29, 1.82) is 0 Å². The van der Waals surface area contributed by atoms with Crippen LogP contribution in [0.1, 0.15) is 5.56 Å². The standard InChI is InChI=1S/C7H8O6S2/c8-14(9,10)5-6-2-1-3-7(4-6)15(11,12)13/h1-4H,5H2,(H,8,9,10)(H,11,12,13). The normalized spacial score (nSPS) is 12.7. The van der Waals surface area contributed by atoms with E-state index in [0.29, 0.717) is 0 Å². The van der Waals surface area contributed by atoms with Crippen molar-refractivity contribution in [1.82, 2.24) is 0 Å². The molecule has 8 heteroatoms. The molecule has 0 saturated carbocycles. The van der Waals surface area contributed by atoms with E-state index in [1.807, 2.05) is 0 Å². The summed E-state index contributed by atoms with van der Waals surface area (Å²) in [6, 6.07) is 4.68. The third kappa shape index (κ3) is 3.96. The van der Waals surface area contributed by atoms with Crippen molar-refractivity contribution in [2.75, 3.05) is 0 Å². The Kier molecular flexibility index (Phi) is 3.14. The second-order valence-electron chi connectivity index (χ2n) is 2.85. The molecule has 0 spiro atoms. The fourth-order valence-corrected chi connectivity index (χ4v) is 2.16. The van der Waals surface area contributed by atoms with Crippen LogP contribution in [0.4, 0.5) is 0 Å². The number of rotatable bonds is 3. The molecular formula is C7H8O6S2. The summed E-state index contributed by atoms with van der Waals surface area (Å²) in [5.74, 6) is -0.698. The Morgan fingerprint density at radius 1 is 1.07 bits per heavy atom. The molecule has 84 valence electrons. The van der Waals surface area contributed by atoms with Crippen molar-refractivity contribution in [3.8, 4) is 0 Å². The molecule has 0 aliphatic carbocycles. The summed E-state index contributed by atoms with van der Waals surface area (Å²) in [5, 5.41) is 0. The fraction of sp³-hybridized carbons (Fsp3) is 0.143.